The van der Waals surface area contributed by atoms with Gasteiger partial charge in [-0.05, 0) is 21.0 Å². The maximum atomic E-state index is 9.12. The molecule has 0 saturated heterocycles. The van der Waals surface area contributed by atoms with Gasteiger partial charge in [-0.15, -0.1) is 0 Å². The van der Waals surface area contributed by atoms with Crippen molar-refractivity contribution < 1.29 is 0 Å². The third-order valence-electron chi connectivity index (χ3n) is 2.42. The molecule has 1 rings (SSSR count). The van der Waals surface area contributed by atoms with E-state index in [2.05, 4.69) is 21.3 Å². The molecule has 0 saturated carbocycles. The molecule has 0 fully saturated rings. The number of hydrogen-bond donors (Lipinski definition) is 1. The molecule has 5 nitrogen and oxygen atoms in total. The Hall–Kier alpha value is -1.38. The number of nitrogens with one attached hydrogen (secondary N) is 1. The molecule has 88 valence electrons. The van der Waals surface area contributed by atoms with E-state index in [1.807, 2.05) is 25.6 Å². The standard InChI is InChI=1S/C11H19N5/c1-4-16-9-13-8-11(16)10(7-12)14-5-6-15(2)3/h8-10,14H,4-6H2,1-3H3. The zero-order chi connectivity index (χ0) is 12.0. The van der Waals surface area contributed by atoms with Gasteiger partial charge in [-0.2, -0.15) is 5.26 Å². The molecular formula is C11H19N5. The topological polar surface area (TPSA) is 56.9 Å². The molecule has 0 amide bonds. The van der Waals surface area contributed by atoms with Crippen LogP contribution in [0.25, 0.3) is 0 Å². The number of rotatable bonds is 6. The molecule has 1 aromatic heterocycles. The van der Waals surface area contributed by atoms with Crippen molar-refractivity contribution in [3.8, 4) is 6.07 Å². The first kappa shape index (κ1) is 12.7. The summed E-state index contributed by atoms with van der Waals surface area (Å²) in [6, 6.07) is 1.99. The van der Waals surface area contributed by atoms with Gasteiger partial charge in [0.2, 0.25) is 0 Å². The summed E-state index contributed by atoms with van der Waals surface area (Å²) in [5, 5.41) is 12.3. The molecule has 0 aliphatic carbocycles. The number of aryl methyl sites for hydroxylation is 1. The Morgan fingerprint density at radius 2 is 2.38 bits per heavy atom. The summed E-state index contributed by atoms with van der Waals surface area (Å²) in [7, 11) is 4.03. The van der Waals surface area contributed by atoms with E-state index in [9.17, 15) is 0 Å². The second-order valence-corrected chi connectivity index (χ2v) is 3.92. The minimum absolute atomic E-state index is 0.276. The Labute approximate surface area is 96.7 Å². The summed E-state index contributed by atoms with van der Waals surface area (Å²) in [6.45, 7) is 4.58. The average molecular weight is 221 g/mol. The molecule has 1 aromatic rings. The van der Waals surface area contributed by atoms with Gasteiger partial charge in [0.15, 0.2) is 0 Å². The van der Waals surface area contributed by atoms with Crippen molar-refractivity contribution in [2.24, 2.45) is 0 Å². The van der Waals surface area contributed by atoms with Crippen molar-refractivity contribution >= 4 is 0 Å². The predicted molar refractivity (Wildman–Crippen MR) is 62.8 cm³/mol. The fourth-order valence-corrected chi connectivity index (χ4v) is 1.48. The lowest BCUT2D eigenvalue weighted by molar-refractivity contribution is 0.393. The number of imidazole rings is 1. The summed E-state index contributed by atoms with van der Waals surface area (Å²) >= 11 is 0. The van der Waals surface area contributed by atoms with E-state index in [4.69, 9.17) is 5.26 Å². The normalized spacial score (nSPS) is 12.7. The average Bonchev–Trinajstić information content (AvgIpc) is 2.72. The first-order valence-corrected chi connectivity index (χ1v) is 5.46. The van der Waals surface area contributed by atoms with Crippen molar-refractivity contribution in [3.05, 3.63) is 18.2 Å². The van der Waals surface area contributed by atoms with Gasteiger partial charge in [0.25, 0.3) is 0 Å². The highest BCUT2D eigenvalue weighted by Crippen LogP contribution is 2.10. The maximum absolute atomic E-state index is 9.12. The van der Waals surface area contributed by atoms with Crippen LogP contribution >= 0.6 is 0 Å². The van der Waals surface area contributed by atoms with E-state index in [-0.39, 0.29) is 6.04 Å². The van der Waals surface area contributed by atoms with Crippen LogP contribution in [0.3, 0.4) is 0 Å². The summed E-state index contributed by atoms with van der Waals surface area (Å²) in [6.07, 6.45) is 3.51. The SMILES string of the molecule is CCn1cncc1C(C#N)NCCN(C)C. The molecule has 0 bridgehead atoms. The summed E-state index contributed by atoms with van der Waals surface area (Å²) in [5.74, 6) is 0. The van der Waals surface area contributed by atoms with Crippen LogP contribution in [0.4, 0.5) is 0 Å². The van der Waals surface area contributed by atoms with Crippen LogP contribution in [0.2, 0.25) is 0 Å². The van der Waals surface area contributed by atoms with Crippen LogP contribution in [0, 0.1) is 11.3 Å². The fraction of sp³-hybridized carbons (Fsp3) is 0.636. The van der Waals surface area contributed by atoms with Gasteiger partial charge in [0, 0.05) is 19.6 Å². The van der Waals surface area contributed by atoms with Crippen LogP contribution in [0.1, 0.15) is 18.7 Å². The molecule has 1 unspecified atom stereocenters. The van der Waals surface area contributed by atoms with Gasteiger partial charge in [0.1, 0.15) is 6.04 Å². The third kappa shape index (κ3) is 3.33. The van der Waals surface area contributed by atoms with Crippen molar-refractivity contribution in [1.29, 1.82) is 5.26 Å². The van der Waals surface area contributed by atoms with E-state index in [0.29, 0.717) is 0 Å². The van der Waals surface area contributed by atoms with Gasteiger partial charge in [-0.25, -0.2) is 4.98 Å². The Kier molecular flexibility index (Phi) is 4.96. The Bertz CT molecular complexity index is 350. The van der Waals surface area contributed by atoms with Crippen LogP contribution < -0.4 is 5.32 Å². The lowest BCUT2D eigenvalue weighted by Crippen LogP contribution is -2.30. The van der Waals surface area contributed by atoms with E-state index < -0.39 is 0 Å². The molecule has 5 heteroatoms. The van der Waals surface area contributed by atoms with Crippen LogP contribution in [0.15, 0.2) is 12.5 Å². The van der Waals surface area contributed by atoms with Gasteiger partial charge in [-0.1, -0.05) is 0 Å². The van der Waals surface area contributed by atoms with E-state index in [1.165, 1.54) is 0 Å². The summed E-state index contributed by atoms with van der Waals surface area (Å²) in [5.41, 5.74) is 0.934. The molecule has 0 spiro atoms. The van der Waals surface area contributed by atoms with Crippen LogP contribution in [0.5, 0.6) is 0 Å². The molecule has 16 heavy (non-hydrogen) atoms. The number of hydrogen-bond acceptors (Lipinski definition) is 4. The fourth-order valence-electron chi connectivity index (χ4n) is 1.48. The maximum Gasteiger partial charge on any atom is 0.138 e. The molecule has 1 atom stereocenters. The predicted octanol–water partition coefficient (Wildman–Crippen LogP) is 0.619. The first-order chi connectivity index (χ1) is 7.69. The quantitative estimate of drug-likeness (QED) is 0.765. The molecule has 1 heterocycles. The third-order valence-corrected chi connectivity index (χ3v) is 2.42. The van der Waals surface area contributed by atoms with Gasteiger partial charge in [0.05, 0.1) is 24.3 Å². The monoisotopic (exact) mass is 221 g/mol. The zero-order valence-electron chi connectivity index (χ0n) is 10.1. The van der Waals surface area contributed by atoms with Gasteiger partial charge < -0.3 is 9.47 Å². The number of nitriles is 1. The largest absolute Gasteiger partial charge is 0.333 e. The number of nitrogens with zero attached hydrogens (tertiary/aromatic N) is 4. The molecule has 0 aliphatic heterocycles. The van der Waals surface area contributed by atoms with E-state index in [1.54, 1.807) is 12.5 Å². The number of aromatic nitrogens is 2. The Morgan fingerprint density at radius 1 is 1.62 bits per heavy atom. The minimum atomic E-state index is -0.276. The first-order valence-electron chi connectivity index (χ1n) is 5.46. The second-order valence-electron chi connectivity index (χ2n) is 3.92. The summed E-state index contributed by atoms with van der Waals surface area (Å²) in [4.78, 5) is 6.15. The van der Waals surface area contributed by atoms with Crippen molar-refractivity contribution in [2.75, 3.05) is 27.2 Å². The van der Waals surface area contributed by atoms with E-state index in [0.717, 1.165) is 25.3 Å². The Balaban J connectivity index is 2.58. The van der Waals surface area contributed by atoms with E-state index >= 15 is 0 Å². The lowest BCUT2D eigenvalue weighted by atomic mass is 10.2. The van der Waals surface area contributed by atoms with Gasteiger partial charge >= 0.3 is 0 Å². The van der Waals surface area contributed by atoms with Crippen molar-refractivity contribution in [1.82, 2.24) is 19.8 Å². The molecule has 1 N–H and O–H groups in total. The second kappa shape index (κ2) is 6.26. The molecule has 0 aliphatic rings. The van der Waals surface area contributed by atoms with Crippen molar-refractivity contribution in [3.63, 3.8) is 0 Å². The molecular weight excluding hydrogens is 202 g/mol. The Morgan fingerprint density at radius 3 is 2.94 bits per heavy atom. The highest BCUT2D eigenvalue weighted by molar-refractivity contribution is 5.13. The highest BCUT2D eigenvalue weighted by atomic mass is 15.1. The van der Waals surface area contributed by atoms with Crippen LogP contribution in [-0.4, -0.2) is 41.6 Å². The van der Waals surface area contributed by atoms with Gasteiger partial charge in [-0.3, -0.25) is 5.32 Å². The summed E-state index contributed by atoms with van der Waals surface area (Å²) < 4.78 is 1.98. The minimum Gasteiger partial charge on any atom is -0.333 e. The van der Waals surface area contributed by atoms with Crippen LogP contribution in [-0.2, 0) is 6.54 Å². The highest BCUT2D eigenvalue weighted by Gasteiger charge is 2.13. The zero-order valence-corrected chi connectivity index (χ0v) is 10.1. The number of likely N-dealkylation sites (N-methyl/N-ethyl adjacent to an activating group) is 1. The molecule has 0 radical (unpaired) electrons. The smallest absolute Gasteiger partial charge is 0.138 e. The molecule has 0 aromatic carbocycles. The van der Waals surface area contributed by atoms with Crippen molar-refractivity contribution in [2.45, 2.75) is 19.5 Å². The lowest BCUT2D eigenvalue weighted by Gasteiger charge is -2.15.